The van der Waals surface area contributed by atoms with Crippen molar-refractivity contribution < 1.29 is 34.1 Å². The van der Waals surface area contributed by atoms with Crippen LogP contribution in [0.4, 0.5) is 11.4 Å². The van der Waals surface area contributed by atoms with Gasteiger partial charge in [0, 0.05) is 31.3 Å². The van der Waals surface area contributed by atoms with Crippen LogP contribution in [0.2, 0.25) is 0 Å². The SMILES string of the molecule is CCOC(=O)/C(=C\CCC(=O)O)NNc1cccc(I)c1.CCOC(=O)C1=C([O-])CCC1.N#[N+]c1cccc(I)c1. The zero-order chi connectivity index (χ0) is 30.6. The number of aliphatic carboxylic acids is 1. The van der Waals surface area contributed by atoms with Gasteiger partial charge in [0.25, 0.3) is 0 Å². The van der Waals surface area contributed by atoms with Crippen molar-refractivity contribution in [3.63, 3.8) is 0 Å². The van der Waals surface area contributed by atoms with E-state index in [1.807, 2.05) is 36.4 Å². The molecule has 1 aliphatic rings. The predicted octanol–water partition coefficient (Wildman–Crippen LogP) is 5.64. The van der Waals surface area contributed by atoms with Gasteiger partial charge in [-0.05, 0) is 109 Å². The fourth-order valence-electron chi connectivity index (χ4n) is 3.13. The van der Waals surface area contributed by atoms with E-state index in [9.17, 15) is 19.5 Å². The highest BCUT2D eigenvalue weighted by atomic mass is 127. The molecular formula is C28H32I2N4O7. The van der Waals surface area contributed by atoms with Crippen molar-refractivity contribution in [1.29, 1.82) is 5.39 Å². The van der Waals surface area contributed by atoms with Gasteiger partial charge in [0.2, 0.25) is 5.39 Å². The zero-order valence-electron chi connectivity index (χ0n) is 22.7. The second-order valence-corrected chi connectivity index (χ2v) is 10.6. The molecule has 0 amide bonds. The van der Waals surface area contributed by atoms with Gasteiger partial charge in [0.15, 0.2) is 4.98 Å². The van der Waals surface area contributed by atoms with E-state index < -0.39 is 17.9 Å². The lowest BCUT2D eigenvalue weighted by molar-refractivity contribution is -0.306. The molecule has 0 unspecified atom stereocenters. The minimum atomic E-state index is -0.917. The number of nitrogens with one attached hydrogen (secondary N) is 2. The number of nitrogens with zero attached hydrogens (tertiary/aromatic N) is 2. The molecule has 1 aliphatic carbocycles. The zero-order valence-corrected chi connectivity index (χ0v) is 27.0. The van der Waals surface area contributed by atoms with E-state index in [-0.39, 0.29) is 30.9 Å². The van der Waals surface area contributed by atoms with Crippen LogP contribution >= 0.6 is 45.2 Å². The fraction of sp³-hybridized carbons (Fsp3) is 0.321. The van der Waals surface area contributed by atoms with Gasteiger partial charge >= 0.3 is 23.6 Å². The van der Waals surface area contributed by atoms with Gasteiger partial charge in [-0.15, -0.1) is 5.76 Å². The number of carboxylic acid groups (broad SMARTS) is 1. The maximum atomic E-state index is 11.8. The van der Waals surface area contributed by atoms with Crippen LogP contribution in [0.5, 0.6) is 0 Å². The molecule has 0 radical (unpaired) electrons. The van der Waals surface area contributed by atoms with Crippen molar-refractivity contribution in [2.75, 3.05) is 18.6 Å². The molecule has 2 aromatic rings. The number of esters is 2. The van der Waals surface area contributed by atoms with Crippen LogP contribution < -0.4 is 16.0 Å². The highest BCUT2D eigenvalue weighted by Gasteiger charge is 2.15. The van der Waals surface area contributed by atoms with Crippen molar-refractivity contribution in [3.8, 4) is 0 Å². The number of carbonyl (C=O) groups is 3. The second-order valence-electron chi connectivity index (χ2n) is 8.09. The van der Waals surface area contributed by atoms with Crippen LogP contribution in [0.15, 0.2) is 71.6 Å². The Kier molecular flexibility index (Phi) is 17.8. The third-order valence-corrected chi connectivity index (χ3v) is 6.32. The molecule has 0 aliphatic heterocycles. The normalized spacial score (nSPS) is 12.0. The van der Waals surface area contributed by atoms with Gasteiger partial charge in [0.05, 0.1) is 18.9 Å². The second kappa shape index (κ2) is 20.5. The van der Waals surface area contributed by atoms with Crippen LogP contribution in [0.1, 0.15) is 46.0 Å². The maximum Gasteiger partial charge on any atom is 0.386 e. The van der Waals surface area contributed by atoms with Crippen LogP contribution in [0.3, 0.4) is 0 Å². The lowest BCUT2D eigenvalue weighted by Crippen LogP contribution is -2.27. The molecule has 0 heterocycles. The molecule has 0 bridgehead atoms. The van der Waals surface area contributed by atoms with Crippen LogP contribution in [-0.2, 0) is 23.9 Å². The Labute approximate surface area is 266 Å². The number of allylic oxidation sites excluding steroid dienone is 2. The Morgan fingerprint density at radius 3 is 2.22 bits per heavy atom. The summed E-state index contributed by atoms with van der Waals surface area (Å²) in [5.41, 5.74) is 7.59. The van der Waals surface area contributed by atoms with E-state index in [0.717, 1.165) is 19.2 Å². The lowest BCUT2D eigenvalue weighted by atomic mass is 10.2. The van der Waals surface area contributed by atoms with Crippen molar-refractivity contribution in [2.45, 2.75) is 46.0 Å². The number of hydrogen-bond donors (Lipinski definition) is 3. The van der Waals surface area contributed by atoms with E-state index in [2.05, 4.69) is 61.0 Å². The van der Waals surface area contributed by atoms with Crippen LogP contribution in [0, 0.1) is 12.5 Å². The first kappa shape index (κ1) is 35.6. The molecule has 2 aromatic carbocycles. The first-order valence-electron chi connectivity index (χ1n) is 12.6. The Bertz CT molecular complexity index is 1280. The van der Waals surface area contributed by atoms with E-state index in [1.54, 1.807) is 26.0 Å². The summed E-state index contributed by atoms with van der Waals surface area (Å²) in [6.45, 7) is 4.03. The summed E-state index contributed by atoms with van der Waals surface area (Å²) in [6, 6.07) is 14.9. The van der Waals surface area contributed by atoms with E-state index in [1.165, 1.54) is 6.08 Å². The Hall–Kier alpha value is -3.39. The first-order chi connectivity index (χ1) is 19.6. The average molecular weight is 790 g/mol. The minimum absolute atomic E-state index is 0.0385. The number of diazo groups is 1. The smallest absolute Gasteiger partial charge is 0.386 e. The highest BCUT2D eigenvalue weighted by Crippen LogP contribution is 2.22. The van der Waals surface area contributed by atoms with Crippen LogP contribution in [0.25, 0.3) is 4.98 Å². The molecule has 13 heteroatoms. The highest BCUT2D eigenvalue weighted by molar-refractivity contribution is 14.1. The van der Waals surface area contributed by atoms with Crippen LogP contribution in [-0.4, -0.2) is 36.2 Å². The van der Waals surface area contributed by atoms with Crippen molar-refractivity contribution >= 4 is 74.5 Å². The van der Waals surface area contributed by atoms with Gasteiger partial charge in [-0.1, -0.05) is 18.2 Å². The number of carboxylic acids is 1. The van der Waals surface area contributed by atoms with E-state index in [4.69, 9.17) is 20.0 Å². The molecule has 3 rings (SSSR count). The fourth-order valence-corrected chi connectivity index (χ4v) is 4.20. The number of benzene rings is 2. The summed E-state index contributed by atoms with van der Waals surface area (Å²) in [7, 11) is 0. The molecule has 3 N–H and O–H groups in total. The number of hydrogen-bond acceptors (Lipinski definition) is 9. The molecule has 0 fully saturated rings. The van der Waals surface area contributed by atoms with Crippen molar-refractivity contribution in [2.24, 2.45) is 0 Å². The number of anilines is 1. The number of halogens is 2. The average Bonchev–Trinajstić information content (AvgIpc) is 3.37. The molecule has 11 nitrogen and oxygen atoms in total. The van der Waals surface area contributed by atoms with Gasteiger partial charge in [0.1, 0.15) is 5.70 Å². The largest absolute Gasteiger partial charge is 0.875 e. The maximum absolute atomic E-state index is 11.8. The molecule has 220 valence electrons. The molecule has 0 spiro atoms. The summed E-state index contributed by atoms with van der Waals surface area (Å²) in [5.74, 6) is -1.90. The summed E-state index contributed by atoms with van der Waals surface area (Å²) in [5, 5.41) is 27.9. The minimum Gasteiger partial charge on any atom is -0.875 e. The number of ether oxygens (including phenoxy) is 2. The van der Waals surface area contributed by atoms with Gasteiger partial charge in [-0.25, -0.2) is 9.59 Å². The van der Waals surface area contributed by atoms with E-state index in [0.29, 0.717) is 30.7 Å². The molecular weight excluding hydrogens is 758 g/mol. The van der Waals surface area contributed by atoms with Crippen molar-refractivity contribution in [1.82, 2.24) is 5.43 Å². The molecule has 0 saturated heterocycles. The lowest BCUT2D eigenvalue weighted by Gasteiger charge is -2.12. The third kappa shape index (κ3) is 15.3. The number of rotatable bonds is 10. The third-order valence-electron chi connectivity index (χ3n) is 4.98. The van der Waals surface area contributed by atoms with Gasteiger partial charge < -0.3 is 25.1 Å². The monoisotopic (exact) mass is 790 g/mol. The topological polar surface area (TPSA) is 165 Å². The number of carbonyl (C=O) groups excluding carboxylic acids is 2. The van der Waals surface area contributed by atoms with Crippen molar-refractivity contribution in [3.05, 3.63) is 83.8 Å². The standard InChI is InChI=1S/C14H17IN2O4.C8H12O3.C6H4IN2/c1-2-21-14(20)12(7-4-8-13(18)19)17-16-11-6-3-5-10(15)9-11;1-2-11-8(10)6-4-3-5-7(6)9;7-5-2-1-3-6(4-5)9-8/h3,5-7,9,16-17H,2,4,8H2,1H3,(H,18,19);9H,2-5H2,1H3;1-4H/q;;+1/p-1/b12-7+;;. The van der Waals surface area contributed by atoms with Gasteiger partial charge in [-0.3, -0.25) is 10.2 Å². The summed E-state index contributed by atoms with van der Waals surface area (Å²) in [4.78, 5) is 36.3. The van der Waals surface area contributed by atoms with Gasteiger partial charge in [-0.2, -0.15) is 0 Å². The summed E-state index contributed by atoms with van der Waals surface area (Å²) >= 11 is 4.34. The predicted molar refractivity (Wildman–Crippen MR) is 169 cm³/mol. The molecule has 0 atom stereocenters. The quantitative estimate of drug-likeness (QED) is 0.0902. The Balaban J connectivity index is 0.000000348. The number of hydrazine groups is 1. The molecule has 0 aromatic heterocycles. The Morgan fingerprint density at radius 1 is 1.05 bits per heavy atom. The first-order valence-corrected chi connectivity index (χ1v) is 14.8. The Morgan fingerprint density at radius 2 is 1.71 bits per heavy atom. The molecule has 41 heavy (non-hydrogen) atoms. The van der Waals surface area contributed by atoms with E-state index >= 15 is 0 Å². The summed E-state index contributed by atoms with van der Waals surface area (Å²) < 4.78 is 11.7. The molecule has 0 saturated carbocycles. The summed E-state index contributed by atoms with van der Waals surface area (Å²) in [6.07, 6.45) is 3.60.